The van der Waals surface area contributed by atoms with Gasteiger partial charge in [-0.3, -0.25) is 9.59 Å². The number of hydrogen-bond acceptors (Lipinski definition) is 5. The monoisotopic (exact) mass is 338 g/mol. The molecule has 2 aliphatic heterocycles. The van der Waals surface area contributed by atoms with Crippen molar-refractivity contribution in [3.8, 4) is 5.75 Å². The summed E-state index contributed by atoms with van der Waals surface area (Å²) in [7, 11) is -1.45. The maximum Gasteiger partial charge on any atom is 0.265 e. The first-order valence-electron chi connectivity index (χ1n) is 7.36. The second kappa shape index (κ2) is 5.52. The van der Waals surface area contributed by atoms with Crippen molar-refractivity contribution >= 4 is 27.3 Å². The molecule has 7 nitrogen and oxygen atoms in total. The molecule has 0 spiro atoms. The molecular formula is C15H18N2O5S. The van der Waals surface area contributed by atoms with Crippen molar-refractivity contribution in [1.82, 2.24) is 4.90 Å². The second-order valence-electron chi connectivity index (χ2n) is 5.93. The molecule has 2 aliphatic rings. The van der Waals surface area contributed by atoms with E-state index in [0.29, 0.717) is 23.4 Å². The first kappa shape index (κ1) is 15.8. The number of anilines is 1. The molecular weight excluding hydrogens is 320 g/mol. The molecule has 0 saturated carbocycles. The molecule has 3 rings (SSSR count). The molecule has 1 aromatic carbocycles. The molecule has 2 heterocycles. The van der Waals surface area contributed by atoms with Crippen LogP contribution in [0.15, 0.2) is 18.2 Å². The normalized spacial score (nSPS) is 25.2. The third-order valence-electron chi connectivity index (χ3n) is 4.23. The van der Waals surface area contributed by atoms with Crippen molar-refractivity contribution in [2.45, 2.75) is 25.5 Å². The minimum absolute atomic E-state index is 0.00244. The van der Waals surface area contributed by atoms with Crippen LogP contribution in [0.3, 0.4) is 0 Å². The number of amides is 2. The van der Waals surface area contributed by atoms with Crippen molar-refractivity contribution < 1.29 is 22.7 Å². The number of carbonyl (C=O) groups excluding carboxylic acids is 2. The van der Waals surface area contributed by atoms with Gasteiger partial charge in [0, 0.05) is 18.7 Å². The smallest absolute Gasteiger partial charge is 0.265 e. The Morgan fingerprint density at radius 1 is 1.39 bits per heavy atom. The van der Waals surface area contributed by atoms with Gasteiger partial charge in [0.05, 0.1) is 17.2 Å². The van der Waals surface area contributed by atoms with Crippen LogP contribution in [0.1, 0.15) is 23.7 Å². The summed E-state index contributed by atoms with van der Waals surface area (Å²) in [5.74, 6) is 0.0820. The third kappa shape index (κ3) is 3.03. The van der Waals surface area contributed by atoms with Gasteiger partial charge in [-0.1, -0.05) is 0 Å². The van der Waals surface area contributed by atoms with Gasteiger partial charge in [0.2, 0.25) is 0 Å². The lowest BCUT2D eigenvalue weighted by Gasteiger charge is -2.26. The Hall–Kier alpha value is -2.09. The number of carbonyl (C=O) groups is 2. The first-order valence-corrected chi connectivity index (χ1v) is 9.18. The van der Waals surface area contributed by atoms with Crippen LogP contribution in [-0.4, -0.2) is 55.8 Å². The summed E-state index contributed by atoms with van der Waals surface area (Å²) < 4.78 is 28.6. The van der Waals surface area contributed by atoms with Gasteiger partial charge < -0.3 is 15.0 Å². The molecule has 2 amide bonds. The number of nitrogens with one attached hydrogen (secondary N) is 1. The summed E-state index contributed by atoms with van der Waals surface area (Å²) in [6.07, 6.45) is -0.122. The highest BCUT2D eigenvalue weighted by Crippen LogP contribution is 2.31. The zero-order valence-electron chi connectivity index (χ0n) is 12.9. The Kier molecular flexibility index (Phi) is 3.79. The molecule has 0 aromatic heterocycles. The van der Waals surface area contributed by atoms with Crippen LogP contribution in [0.2, 0.25) is 0 Å². The van der Waals surface area contributed by atoms with E-state index in [1.54, 1.807) is 32.2 Å². The highest BCUT2D eigenvalue weighted by molar-refractivity contribution is 7.91. The van der Waals surface area contributed by atoms with Gasteiger partial charge in [0.25, 0.3) is 11.8 Å². The topological polar surface area (TPSA) is 92.8 Å². The number of fused-ring (bicyclic) bond motifs is 1. The fraction of sp³-hybridized carbons (Fsp3) is 0.467. The predicted molar refractivity (Wildman–Crippen MR) is 84.3 cm³/mol. The molecule has 0 radical (unpaired) electrons. The molecule has 23 heavy (non-hydrogen) atoms. The number of hydrogen-bond donors (Lipinski definition) is 1. The average Bonchev–Trinajstić information content (AvgIpc) is 2.86. The maximum atomic E-state index is 12.6. The van der Waals surface area contributed by atoms with E-state index in [9.17, 15) is 18.0 Å². The second-order valence-corrected chi connectivity index (χ2v) is 8.16. The van der Waals surface area contributed by atoms with Crippen LogP contribution in [0, 0.1) is 0 Å². The molecule has 1 aromatic rings. The summed E-state index contributed by atoms with van der Waals surface area (Å²) in [4.78, 5) is 25.7. The zero-order chi connectivity index (χ0) is 16.8. The lowest BCUT2D eigenvalue weighted by molar-refractivity contribution is -0.122. The van der Waals surface area contributed by atoms with Crippen LogP contribution in [0.4, 0.5) is 5.69 Å². The number of ether oxygens (including phenoxy) is 1. The van der Waals surface area contributed by atoms with Crippen LogP contribution in [-0.2, 0) is 14.6 Å². The van der Waals surface area contributed by atoms with E-state index in [0.717, 1.165) is 0 Å². The Morgan fingerprint density at radius 3 is 2.78 bits per heavy atom. The third-order valence-corrected chi connectivity index (χ3v) is 5.98. The largest absolute Gasteiger partial charge is 0.479 e. The lowest BCUT2D eigenvalue weighted by Crippen LogP contribution is -2.38. The Balaban J connectivity index is 1.81. The average molecular weight is 338 g/mol. The first-order chi connectivity index (χ1) is 10.8. The summed E-state index contributed by atoms with van der Waals surface area (Å²) in [6.45, 7) is 1.64. The van der Waals surface area contributed by atoms with Crippen molar-refractivity contribution in [3.05, 3.63) is 23.8 Å². The highest BCUT2D eigenvalue weighted by Gasteiger charge is 2.33. The molecule has 2 unspecified atom stereocenters. The van der Waals surface area contributed by atoms with E-state index >= 15 is 0 Å². The fourth-order valence-corrected chi connectivity index (χ4v) is 4.57. The minimum atomic E-state index is -3.05. The fourth-order valence-electron chi connectivity index (χ4n) is 2.79. The van der Waals surface area contributed by atoms with Gasteiger partial charge in [-0.15, -0.1) is 0 Å². The van der Waals surface area contributed by atoms with E-state index in [1.165, 1.54) is 4.90 Å². The van der Waals surface area contributed by atoms with Crippen molar-refractivity contribution in [3.63, 3.8) is 0 Å². The minimum Gasteiger partial charge on any atom is -0.479 e. The molecule has 0 aliphatic carbocycles. The van der Waals surface area contributed by atoms with Crippen LogP contribution >= 0.6 is 0 Å². The quantitative estimate of drug-likeness (QED) is 0.855. The summed E-state index contributed by atoms with van der Waals surface area (Å²) in [5.41, 5.74) is 0.834. The van der Waals surface area contributed by atoms with Crippen LogP contribution in [0.5, 0.6) is 5.75 Å². The van der Waals surface area contributed by atoms with E-state index in [2.05, 4.69) is 5.32 Å². The van der Waals surface area contributed by atoms with Gasteiger partial charge in [-0.05, 0) is 31.5 Å². The molecule has 124 valence electrons. The standard InChI is InChI=1S/C15H18N2O5S/c1-9-14(18)16-12-7-10(3-4-13(12)22-9)15(19)17(2)11-5-6-23(20,21)8-11/h3-4,7,9,11H,5-6,8H2,1-2H3,(H,16,18). The molecule has 1 N–H and O–H groups in total. The SMILES string of the molecule is CC1Oc2ccc(C(=O)N(C)C3CCS(=O)(=O)C3)cc2NC1=O. The van der Waals surface area contributed by atoms with E-state index in [-0.39, 0.29) is 29.4 Å². The van der Waals surface area contributed by atoms with Gasteiger partial charge in [0.15, 0.2) is 15.9 Å². The van der Waals surface area contributed by atoms with Gasteiger partial charge in [0.1, 0.15) is 5.75 Å². The maximum absolute atomic E-state index is 12.6. The van der Waals surface area contributed by atoms with Crippen LogP contribution < -0.4 is 10.1 Å². The number of rotatable bonds is 2. The zero-order valence-corrected chi connectivity index (χ0v) is 13.7. The van der Waals surface area contributed by atoms with Crippen molar-refractivity contribution in [1.29, 1.82) is 0 Å². The van der Waals surface area contributed by atoms with Gasteiger partial charge in [-0.2, -0.15) is 0 Å². The van der Waals surface area contributed by atoms with Gasteiger partial charge in [-0.25, -0.2) is 8.42 Å². The molecule has 8 heteroatoms. The van der Waals surface area contributed by atoms with Gasteiger partial charge >= 0.3 is 0 Å². The number of sulfone groups is 1. The van der Waals surface area contributed by atoms with Crippen LogP contribution in [0.25, 0.3) is 0 Å². The molecule has 2 atom stereocenters. The summed E-state index contributed by atoms with van der Waals surface area (Å²) >= 11 is 0. The lowest BCUT2D eigenvalue weighted by atomic mass is 10.1. The highest BCUT2D eigenvalue weighted by atomic mass is 32.2. The molecule has 0 bridgehead atoms. The van der Waals surface area contributed by atoms with E-state index in [4.69, 9.17) is 4.74 Å². The van der Waals surface area contributed by atoms with Crippen molar-refractivity contribution in [2.75, 3.05) is 23.9 Å². The molecule has 1 fully saturated rings. The Morgan fingerprint density at radius 2 is 2.13 bits per heavy atom. The number of benzene rings is 1. The Bertz CT molecular complexity index is 774. The van der Waals surface area contributed by atoms with E-state index in [1.807, 2.05) is 0 Å². The van der Waals surface area contributed by atoms with E-state index < -0.39 is 15.9 Å². The number of nitrogens with zero attached hydrogens (tertiary/aromatic N) is 1. The Labute approximate surface area is 134 Å². The summed E-state index contributed by atoms with van der Waals surface area (Å²) in [6, 6.07) is 4.50. The predicted octanol–water partition coefficient (Wildman–Crippen LogP) is 0.665. The van der Waals surface area contributed by atoms with Crippen molar-refractivity contribution in [2.24, 2.45) is 0 Å². The molecule has 1 saturated heterocycles. The summed E-state index contributed by atoms with van der Waals surface area (Å²) in [5, 5.41) is 2.70.